The second-order valence-electron chi connectivity index (χ2n) is 5.46. The highest BCUT2D eigenvalue weighted by Crippen LogP contribution is 2.27. The first-order valence-electron chi connectivity index (χ1n) is 6.86. The van der Waals surface area contributed by atoms with Crippen LogP contribution in [0, 0.1) is 0 Å². The second-order valence-corrected chi connectivity index (χ2v) is 6.38. The van der Waals surface area contributed by atoms with Gasteiger partial charge in [0.15, 0.2) is 0 Å². The number of benzene rings is 1. The number of hydrogen-bond acceptors (Lipinski definition) is 2. The van der Waals surface area contributed by atoms with Crippen LogP contribution in [0.25, 0.3) is 0 Å². The Kier molecular flexibility index (Phi) is 4.63. The maximum Gasteiger partial charge on any atom is 0.240 e. The normalized spacial score (nSPS) is 19.7. The van der Waals surface area contributed by atoms with Gasteiger partial charge < -0.3 is 11.1 Å². The summed E-state index contributed by atoms with van der Waals surface area (Å²) in [5, 5.41) is 3.05. The van der Waals surface area contributed by atoms with Gasteiger partial charge in [0.05, 0.1) is 11.6 Å². The van der Waals surface area contributed by atoms with Gasteiger partial charge in [-0.25, -0.2) is 0 Å². The van der Waals surface area contributed by atoms with E-state index in [0.29, 0.717) is 0 Å². The van der Waals surface area contributed by atoms with Crippen molar-refractivity contribution >= 4 is 21.8 Å². The highest BCUT2D eigenvalue weighted by molar-refractivity contribution is 9.10. The molecule has 3 nitrogen and oxygen atoms in total. The van der Waals surface area contributed by atoms with Crippen LogP contribution in [-0.2, 0) is 4.79 Å². The summed E-state index contributed by atoms with van der Waals surface area (Å²) in [6.45, 7) is 1.99. The maximum absolute atomic E-state index is 12.3. The van der Waals surface area contributed by atoms with Crippen LogP contribution in [0.1, 0.15) is 50.6 Å². The van der Waals surface area contributed by atoms with Crippen molar-refractivity contribution in [1.82, 2.24) is 5.32 Å². The zero-order valence-corrected chi connectivity index (χ0v) is 12.9. The molecule has 1 aromatic carbocycles. The highest BCUT2D eigenvalue weighted by atomic mass is 79.9. The monoisotopic (exact) mass is 324 g/mol. The molecule has 1 aromatic rings. The number of nitrogens with two attached hydrogens (primary N) is 1. The van der Waals surface area contributed by atoms with Crippen LogP contribution in [-0.4, -0.2) is 11.4 Å². The fourth-order valence-corrected chi connectivity index (χ4v) is 2.85. The molecule has 0 radical (unpaired) electrons. The van der Waals surface area contributed by atoms with E-state index in [1.807, 2.05) is 31.2 Å². The number of rotatable bonds is 3. The summed E-state index contributed by atoms with van der Waals surface area (Å²) in [6.07, 6.45) is 4.89. The van der Waals surface area contributed by atoms with Gasteiger partial charge in [0.25, 0.3) is 0 Å². The Hall–Kier alpha value is -0.870. The minimum atomic E-state index is -0.665. The van der Waals surface area contributed by atoms with Gasteiger partial charge in [-0.3, -0.25) is 4.79 Å². The van der Waals surface area contributed by atoms with Gasteiger partial charge >= 0.3 is 0 Å². The number of carbonyl (C=O) groups is 1. The smallest absolute Gasteiger partial charge is 0.240 e. The molecule has 1 saturated carbocycles. The Balaban J connectivity index is 2.00. The molecule has 19 heavy (non-hydrogen) atoms. The average Bonchev–Trinajstić information content (AvgIpc) is 2.40. The fourth-order valence-electron chi connectivity index (χ4n) is 2.58. The first-order chi connectivity index (χ1) is 9.01. The minimum Gasteiger partial charge on any atom is -0.348 e. The summed E-state index contributed by atoms with van der Waals surface area (Å²) in [6, 6.07) is 7.98. The molecule has 0 saturated heterocycles. The average molecular weight is 325 g/mol. The quantitative estimate of drug-likeness (QED) is 0.896. The van der Waals surface area contributed by atoms with Crippen molar-refractivity contribution in [3.05, 3.63) is 34.3 Å². The van der Waals surface area contributed by atoms with E-state index in [4.69, 9.17) is 5.73 Å². The fraction of sp³-hybridized carbons (Fsp3) is 0.533. The standard InChI is InChI=1S/C15H21BrN2O/c1-11(12-5-7-13(16)8-6-12)18-14(19)15(17)9-3-2-4-10-15/h5-8,11H,2-4,9-10,17H2,1H3,(H,18,19). The molecular formula is C15H21BrN2O. The molecule has 1 aliphatic carbocycles. The van der Waals surface area contributed by atoms with Gasteiger partial charge in [-0.2, -0.15) is 0 Å². The Morgan fingerprint density at radius 2 is 1.84 bits per heavy atom. The van der Waals surface area contributed by atoms with Crippen LogP contribution in [0.5, 0.6) is 0 Å². The van der Waals surface area contributed by atoms with Gasteiger partial charge in [0.1, 0.15) is 0 Å². The second kappa shape index (κ2) is 6.06. The van der Waals surface area contributed by atoms with E-state index in [-0.39, 0.29) is 11.9 Å². The molecule has 104 valence electrons. The van der Waals surface area contributed by atoms with E-state index < -0.39 is 5.54 Å². The first-order valence-corrected chi connectivity index (χ1v) is 7.66. The summed E-state index contributed by atoms with van der Waals surface area (Å²) in [5.41, 5.74) is 6.66. The predicted molar refractivity (Wildman–Crippen MR) is 80.7 cm³/mol. The van der Waals surface area contributed by atoms with Gasteiger partial charge in [-0.1, -0.05) is 47.3 Å². The Morgan fingerprint density at radius 1 is 1.26 bits per heavy atom. The molecule has 0 bridgehead atoms. The molecule has 0 heterocycles. The zero-order chi connectivity index (χ0) is 13.9. The molecule has 3 N–H and O–H groups in total. The Morgan fingerprint density at radius 3 is 2.42 bits per heavy atom. The summed E-state index contributed by atoms with van der Waals surface area (Å²) < 4.78 is 1.04. The number of carbonyl (C=O) groups excluding carboxylic acids is 1. The largest absolute Gasteiger partial charge is 0.348 e. The highest BCUT2D eigenvalue weighted by Gasteiger charge is 2.35. The minimum absolute atomic E-state index is 0.0112. The first kappa shape index (κ1) is 14.5. The lowest BCUT2D eigenvalue weighted by atomic mass is 9.81. The summed E-state index contributed by atoms with van der Waals surface area (Å²) in [4.78, 5) is 12.3. The van der Waals surface area contributed by atoms with Crippen molar-refractivity contribution in [2.24, 2.45) is 5.73 Å². The molecule has 1 unspecified atom stereocenters. The van der Waals surface area contributed by atoms with E-state index >= 15 is 0 Å². The van der Waals surface area contributed by atoms with E-state index in [1.54, 1.807) is 0 Å². The van der Waals surface area contributed by atoms with Crippen molar-refractivity contribution in [2.45, 2.75) is 50.6 Å². The van der Waals surface area contributed by atoms with Crippen LogP contribution < -0.4 is 11.1 Å². The molecule has 0 spiro atoms. The van der Waals surface area contributed by atoms with Crippen LogP contribution >= 0.6 is 15.9 Å². The lowest BCUT2D eigenvalue weighted by Gasteiger charge is -2.33. The lowest BCUT2D eigenvalue weighted by Crippen LogP contribution is -2.55. The molecule has 1 atom stereocenters. The predicted octanol–water partition coefficient (Wildman–Crippen LogP) is 3.29. The molecule has 0 aromatic heterocycles. The number of halogens is 1. The topological polar surface area (TPSA) is 55.1 Å². The molecule has 0 aliphatic heterocycles. The third kappa shape index (κ3) is 3.57. The third-order valence-electron chi connectivity index (χ3n) is 3.92. The van der Waals surface area contributed by atoms with Gasteiger partial charge in [0, 0.05) is 4.47 Å². The molecule has 1 aliphatic rings. The van der Waals surface area contributed by atoms with E-state index in [2.05, 4.69) is 21.2 Å². The molecule has 2 rings (SSSR count). The molecule has 1 amide bonds. The van der Waals surface area contributed by atoms with Crippen LogP contribution in [0.3, 0.4) is 0 Å². The Labute approximate surface area is 123 Å². The number of amides is 1. The SMILES string of the molecule is CC(NC(=O)C1(N)CCCCC1)c1ccc(Br)cc1. The summed E-state index contributed by atoms with van der Waals surface area (Å²) >= 11 is 3.41. The maximum atomic E-state index is 12.3. The van der Waals surface area contributed by atoms with E-state index in [1.165, 1.54) is 6.42 Å². The van der Waals surface area contributed by atoms with Crippen LogP contribution in [0.15, 0.2) is 28.7 Å². The zero-order valence-electron chi connectivity index (χ0n) is 11.3. The van der Waals surface area contributed by atoms with Crippen molar-refractivity contribution in [3.8, 4) is 0 Å². The third-order valence-corrected chi connectivity index (χ3v) is 4.44. The summed E-state index contributed by atoms with van der Waals surface area (Å²) in [7, 11) is 0. The van der Waals surface area contributed by atoms with Crippen molar-refractivity contribution < 1.29 is 4.79 Å². The van der Waals surface area contributed by atoms with Crippen molar-refractivity contribution in [1.29, 1.82) is 0 Å². The van der Waals surface area contributed by atoms with Gasteiger partial charge in [-0.15, -0.1) is 0 Å². The van der Waals surface area contributed by atoms with E-state index in [9.17, 15) is 4.79 Å². The number of nitrogens with one attached hydrogen (secondary N) is 1. The van der Waals surface area contributed by atoms with Gasteiger partial charge in [0.2, 0.25) is 5.91 Å². The van der Waals surface area contributed by atoms with Crippen molar-refractivity contribution in [3.63, 3.8) is 0 Å². The summed E-state index contributed by atoms with van der Waals surface area (Å²) in [5.74, 6) is -0.0115. The van der Waals surface area contributed by atoms with E-state index in [0.717, 1.165) is 35.7 Å². The molecular weight excluding hydrogens is 304 g/mol. The molecule has 1 fully saturated rings. The van der Waals surface area contributed by atoms with Crippen LogP contribution in [0.4, 0.5) is 0 Å². The van der Waals surface area contributed by atoms with Crippen molar-refractivity contribution in [2.75, 3.05) is 0 Å². The van der Waals surface area contributed by atoms with Gasteiger partial charge in [-0.05, 0) is 37.5 Å². The van der Waals surface area contributed by atoms with Crippen LogP contribution in [0.2, 0.25) is 0 Å². The Bertz CT molecular complexity index is 438. The molecule has 4 heteroatoms. The number of hydrogen-bond donors (Lipinski definition) is 2. The lowest BCUT2D eigenvalue weighted by molar-refractivity contribution is -0.128.